The number of sulfone groups is 1. The Kier molecular flexibility index (Phi) is 3.13. The first-order chi connectivity index (χ1) is 7.57. The summed E-state index contributed by atoms with van der Waals surface area (Å²) < 4.78 is 22.4. The molecule has 90 valence electrons. The van der Waals surface area contributed by atoms with Crippen LogP contribution in [0.4, 0.5) is 0 Å². The van der Waals surface area contributed by atoms with Gasteiger partial charge in [-0.05, 0) is 12.8 Å². The molecule has 2 heterocycles. The van der Waals surface area contributed by atoms with Crippen LogP contribution in [0.2, 0.25) is 0 Å². The largest absolute Gasteiger partial charge is 0.366 e. The SMILES string of the molecule is O=C(NC1CCS(=O)(=O)C1)C1=NCCCN1. The molecule has 2 N–H and O–H groups in total. The van der Waals surface area contributed by atoms with E-state index in [2.05, 4.69) is 15.6 Å². The number of nitrogens with zero attached hydrogens (tertiary/aromatic N) is 1. The minimum atomic E-state index is -2.95. The van der Waals surface area contributed by atoms with Gasteiger partial charge >= 0.3 is 0 Å². The summed E-state index contributed by atoms with van der Waals surface area (Å²) >= 11 is 0. The molecule has 16 heavy (non-hydrogen) atoms. The van der Waals surface area contributed by atoms with Gasteiger partial charge in [-0.3, -0.25) is 9.79 Å². The van der Waals surface area contributed by atoms with Crippen LogP contribution in [0.5, 0.6) is 0 Å². The number of hydrogen-bond donors (Lipinski definition) is 2. The summed E-state index contributed by atoms with van der Waals surface area (Å²) in [6.07, 6.45) is 1.43. The predicted octanol–water partition coefficient (Wildman–Crippen LogP) is -1.32. The van der Waals surface area contributed by atoms with Crippen LogP contribution in [0.3, 0.4) is 0 Å². The van der Waals surface area contributed by atoms with Crippen molar-refractivity contribution in [2.24, 2.45) is 4.99 Å². The van der Waals surface area contributed by atoms with Crippen LogP contribution in [0.15, 0.2) is 4.99 Å². The Morgan fingerprint density at radius 2 is 2.31 bits per heavy atom. The zero-order valence-electron chi connectivity index (χ0n) is 8.90. The highest BCUT2D eigenvalue weighted by Gasteiger charge is 2.29. The Labute approximate surface area is 94.4 Å². The zero-order chi connectivity index (χ0) is 11.6. The van der Waals surface area contributed by atoms with Crippen LogP contribution in [-0.4, -0.2) is 50.8 Å². The van der Waals surface area contributed by atoms with Gasteiger partial charge in [0.05, 0.1) is 11.5 Å². The van der Waals surface area contributed by atoms with Gasteiger partial charge in [0.15, 0.2) is 15.7 Å². The van der Waals surface area contributed by atoms with Crippen LogP contribution >= 0.6 is 0 Å². The topological polar surface area (TPSA) is 87.6 Å². The molecule has 2 aliphatic heterocycles. The molecule has 7 heteroatoms. The lowest BCUT2D eigenvalue weighted by Gasteiger charge is -2.16. The molecule has 2 aliphatic rings. The van der Waals surface area contributed by atoms with Crippen molar-refractivity contribution in [2.45, 2.75) is 18.9 Å². The summed E-state index contributed by atoms with van der Waals surface area (Å²) in [7, 11) is -2.95. The van der Waals surface area contributed by atoms with Gasteiger partial charge in [-0.15, -0.1) is 0 Å². The molecule has 1 atom stereocenters. The Morgan fingerprint density at radius 1 is 1.50 bits per heavy atom. The van der Waals surface area contributed by atoms with Crippen molar-refractivity contribution in [3.63, 3.8) is 0 Å². The second-order valence-electron chi connectivity index (χ2n) is 4.08. The minimum Gasteiger partial charge on any atom is -0.366 e. The first-order valence-electron chi connectivity index (χ1n) is 5.36. The number of amidine groups is 1. The van der Waals surface area contributed by atoms with Gasteiger partial charge in [0.2, 0.25) is 0 Å². The van der Waals surface area contributed by atoms with E-state index in [1.807, 2.05) is 0 Å². The number of carbonyl (C=O) groups is 1. The normalized spacial score (nSPS) is 28.0. The molecule has 0 spiro atoms. The van der Waals surface area contributed by atoms with Crippen molar-refractivity contribution in [2.75, 3.05) is 24.6 Å². The van der Waals surface area contributed by atoms with Gasteiger partial charge in [-0.2, -0.15) is 0 Å². The summed E-state index contributed by atoms with van der Waals surface area (Å²) in [5, 5.41) is 5.59. The van der Waals surface area contributed by atoms with Crippen molar-refractivity contribution in [1.82, 2.24) is 10.6 Å². The summed E-state index contributed by atoms with van der Waals surface area (Å²) in [6.45, 7) is 1.40. The molecular weight excluding hydrogens is 230 g/mol. The highest BCUT2D eigenvalue weighted by Crippen LogP contribution is 2.11. The summed E-state index contributed by atoms with van der Waals surface area (Å²) in [4.78, 5) is 15.7. The van der Waals surface area contributed by atoms with E-state index in [1.165, 1.54) is 0 Å². The number of rotatable bonds is 2. The lowest BCUT2D eigenvalue weighted by atomic mass is 10.2. The minimum absolute atomic E-state index is 0.0476. The summed E-state index contributed by atoms with van der Waals surface area (Å²) in [5.74, 6) is 0.251. The maximum atomic E-state index is 11.7. The van der Waals surface area contributed by atoms with Gasteiger partial charge in [-0.25, -0.2) is 8.42 Å². The third-order valence-electron chi connectivity index (χ3n) is 2.68. The van der Waals surface area contributed by atoms with E-state index in [1.54, 1.807) is 0 Å². The molecule has 0 aromatic carbocycles. The van der Waals surface area contributed by atoms with Gasteiger partial charge in [0.1, 0.15) is 0 Å². The number of nitrogens with one attached hydrogen (secondary N) is 2. The third-order valence-corrected chi connectivity index (χ3v) is 4.45. The Hall–Kier alpha value is -1.11. The van der Waals surface area contributed by atoms with E-state index in [4.69, 9.17) is 0 Å². The lowest BCUT2D eigenvalue weighted by molar-refractivity contribution is -0.115. The fraction of sp³-hybridized carbons (Fsp3) is 0.778. The van der Waals surface area contributed by atoms with Crippen molar-refractivity contribution in [3.8, 4) is 0 Å². The quantitative estimate of drug-likeness (QED) is 0.632. The fourth-order valence-electron chi connectivity index (χ4n) is 1.85. The molecule has 1 unspecified atom stereocenters. The number of hydrogen-bond acceptors (Lipinski definition) is 5. The Bertz CT molecular complexity index is 416. The van der Waals surface area contributed by atoms with Crippen LogP contribution in [-0.2, 0) is 14.6 Å². The van der Waals surface area contributed by atoms with E-state index < -0.39 is 9.84 Å². The maximum absolute atomic E-state index is 11.7. The van der Waals surface area contributed by atoms with Gasteiger partial charge in [0, 0.05) is 19.1 Å². The van der Waals surface area contributed by atoms with Crippen molar-refractivity contribution in [3.05, 3.63) is 0 Å². The van der Waals surface area contributed by atoms with Gasteiger partial charge < -0.3 is 10.6 Å². The van der Waals surface area contributed by atoms with Crippen molar-refractivity contribution < 1.29 is 13.2 Å². The first-order valence-corrected chi connectivity index (χ1v) is 7.18. The zero-order valence-corrected chi connectivity index (χ0v) is 9.72. The van der Waals surface area contributed by atoms with E-state index in [0.29, 0.717) is 18.8 Å². The fourth-order valence-corrected chi connectivity index (χ4v) is 3.52. The number of carbonyl (C=O) groups excluding carboxylic acids is 1. The summed E-state index contributed by atoms with van der Waals surface area (Å²) in [5.41, 5.74) is 0. The van der Waals surface area contributed by atoms with Crippen molar-refractivity contribution in [1.29, 1.82) is 0 Å². The molecule has 0 radical (unpaired) electrons. The third kappa shape index (κ3) is 2.72. The second kappa shape index (κ2) is 4.40. The molecule has 1 amide bonds. The summed E-state index contributed by atoms with van der Waals surface area (Å²) in [6, 6.07) is -0.260. The standard InChI is InChI=1S/C9H15N3O3S/c13-9(8-10-3-1-4-11-8)12-7-2-5-16(14,15)6-7/h7H,1-6H2,(H,10,11)(H,12,13). The predicted molar refractivity (Wildman–Crippen MR) is 60.1 cm³/mol. The molecule has 1 saturated heterocycles. The average Bonchev–Trinajstić information content (AvgIpc) is 2.59. The molecule has 0 aromatic heterocycles. The molecule has 2 rings (SSSR count). The van der Waals surface area contributed by atoms with Crippen LogP contribution < -0.4 is 10.6 Å². The highest BCUT2D eigenvalue weighted by atomic mass is 32.2. The number of amides is 1. The molecule has 0 aromatic rings. The molecule has 0 bridgehead atoms. The van der Waals surface area contributed by atoms with E-state index in [9.17, 15) is 13.2 Å². The highest BCUT2D eigenvalue weighted by molar-refractivity contribution is 7.91. The average molecular weight is 245 g/mol. The smallest absolute Gasteiger partial charge is 0.286 e. The molecule has 0 saturated carbocycles. The van der Waals surface area contributed by atoms with Crippen LogP contribution in [0, 0.1) is 0 Å². The van der Waals surface area contributed by atoms with E-state index >= 15 is 0 Å². The Morgan fingerprint density at radius 3 is 2.88 bits per heavy atom. The van der Waals surface area contributed by atoms with E-state index in [-0.39, 0.29) is 23.5 Å². The monoisotopic (exact) mass is 245 g/mol. The van der Waals surface area contributed by atoms with Gasteiger partial charge in [-0.1, -0.05) is 0 Å². The molecular formula is C9H15N3O3S. The van der Waals surface area contributed by atoms with E-state index in [0.717, 1.165) is 13.0 Å². The van der Waals surface area contributed by atoms with Crippen molar-refractivity contribution >= 4 is 21.6 Å². The Balaban J connectivity index is 1.91. The maximum Gasteiger partial charge on any atom is 0.286 e. The number of aliphatic imine (C=N–C) groups is 1. The van der Waals surface area contributed by atoms with Crippen LogP contribution in [0.1, 0.15) is 12.8 Å². The van der Waals surface area contributed by atoms with Gasteiger partial charge in [0.25, 0.3) is 5.91 Å². The van der Waals surface area contributed by atoms with Crippen LogP contribution in [0.25, 0.3) is 0 Å². The second-order valence-corrected chi connectivity index (χ2v) is 6.31. The molecule has 1 fully saturated rings. The molecule has 6 nitrogen and oxygen atoms in total. The molecule has 0 aliphatic carbocycles. The first kappa shape index (κ1) is 11.4. The lowest BCUT2D eigenvalue weighted by Crippen LogP contribution is -2.46.